The molecule has 13 rings (SSSR count). The fraction of sp³-hybridized carbons (Fsp3) is 0.710. The zero-order valence-electron chi connectivity index (χ0n) is 46.8. The van der Waals surface area contributed by atoms with E-state index in [0.717, 1.165) is 60.8 Å². The van der Waals surface area contributed by atoms with E-state index in [4.69, 9.17) is 51.8 Å². The summed E-state index contributed by atoms with van der Waals surface area (Å²) in [6, 6.07) is 16.7. The number of methoxy groups -OCH3 is 1. The van der Waals surface area contributed by atoms with Gasteiger partial charge in [-0.2, -0.15) is 0 Å². The topological polar surface area (TPSA) is 148 Å². The third kappa shape index (κ3) is 10.3. The predicted octanol–water partition coefficient (Wildman–Crippen LogP) is 10.4. The molecule has 77 heavy (non-hydrogen) atoms. The van der Waals surface area contributed by atoms with Crippen molar-refractivity contribution in [2.75, 3.05) is 20.3 Å². The Morgan fingerprint density at radius 2 is 1.49 bits per heavy atom. The SMILES string of the molecule is C=C1C[C@@H]2CC[C@@]34C[C@]5(C)O[C@H]6[C@@H](O3)C3OC(CCC3O[C@H]6C5O4)CC(=O)C[C@@H]3[C@@H](OC)[C@@H](C[C@H](CNC(=O)OCC4c5ccccc5-c5ccccc54)O[Si](C)(C)C(C)(C)C)O[C@H]3CC3O[C@@H](CCC1O2)C[C@@H](C)C3=C. The summed E-state index contributed by atoms with van der Waals surface area (Å²) in [4.78, 5) is 28.6. The fourth-order valence-electron chi connectivity index (χ4n) is 15.2. The number of amides is 1. The molecule has 0 radical (unpaired) electrons. The van der Waals surface area contributed by atoms with E-state index in [1.54, 1.807) is 7.11 Å². The molecular formula is C62H85NO13Si. The number of fused-ring (bicyclic) bond motifs is 9. The Hall–Kier alpha value is -3.32. The second-order valence-electron chi connectivity index (χ2n) is 26.4. The molecule has 11 aliphatic rings. The lowest BCUT2D eigenvalue weighted by atomic mass is 9.81. The Labute approximate surface area is 457 Å². The van der Waals surface area contributed by atoms with E-state index >= 15 is 0 Å². The van der Waals surface area contributed by atoms with Gasteiger partial charge in [0.1, 0.15) is 48.5 Å². The number of hydrogen-bond acceptors (Lipinski definition) is 13. The lowest BCUT2D eigenvalue weighted by Gasteiger charge is -2.47. The zero-order chi connectivity index (χ0) is 53.8. The molecule has 12 bridgehead atoms. The van der Waals surface area contributed by atoms with E-state index in [1.807, 2.05) is 24.3 Å². The molecule has 6 unspecified atom stereocenters. The lowest BCUT2D eigenvalue weighted by molar-refractivity contribution is -0.294. The maximum Gasteiger partial charge on any atom is 0.407 e. The van der Waals surface area contributed by atoms with Crippen molar-refractivity contribution >= 4 is 20.2 Å². The van der Waals surface area contributed by atoms with Crippen molar-refractivity contribution in [2.45, 2.75) is 245 Å². The van der Waals surface area contributed by atoms with Crippen LogP contribution >= 0.6 is 0 Å². The number of alkyl carbamates (subject to hydrolysis) is 1. The van der Waals surface area contributed by atoms with Gasteiger partial charge in [0.25, 0.3) is 0 Å². The maximum atomic E-state index is 14.8. The van der Waals surface area contributed by atoms with E-state index in [2.05, 4.69) is 90.5 Å². The number of carbonyl (C=O) groups excluding carboxylic acids is 2. The van der Waals surface area contributed by atoms with Crippen LogP contribution in [0.4, 0.5) is 4.79 Å². The van der Waals surface area contributed by atoms with Gasteiger partial charge in [-0.25, -0.2) is 4.79 Å². The lowest BCUT2D eigenvalue weighted by Crippen LogP contribution is -2.61. The number of ketones is 1. The van der Waals surface area contributed by atoms with Crippen molar-refractivity contribution in [3.63, 3.8) is 0 Å². The van der Waals surface area contributed by atoms with E-state index in [1.165, 1.54) is 11.1 Å². The number of hydrogen-bond donors (Lipinski definition) is 1. The zero-order valence-corrected chi connectivity index (χ0v) is 47.8. The minimum atomic E-state index is -2.40. The average molecular weight is 1080 g/mol. The molecule has 19 atom stereocenters. The molecule has 420 valence electrons. The van der Waals surface area contributed by atoms with Crippen LogP contribution in [0.1, 0.15) is 135 Å². The summed E-state index contributed by atoms with van der Waals surface area (Å²) in [6.07, 6.45) is 3.56. The highest BCUT2D eigenvalue weighted by molar-refractivity contribution is 6.74. The Morgan fingerprint density at radius 3 is 2.23 bits per heavy atom. The molecule has 15 heteroatoms. The monoisotopic (exact) mass is 1080 g/mol. The fourth-order valence-corrected chi connectivity index (χ4v) is 16.6. The molecule has 0 aromatic heterocycles. The van der Waals surface area contributed by atoms with Crippen LogP contribution in [0, 0.1) is 11.8 Å². The summed E-state index contributed by atoms with van der Waals surface area (Å²) in [6.45, 7) is 25.1. The average Bonchev–Trinajstić information content (AvgIpc) is 4.31. The summed E-state index contributed by atoms with van der Waals surface area (Å²) < 4.78 is 75.7. The van der Waals surface area contributed by atoms with Gasteiger partial charge in [-0.15, -0.1) is 0 Å². The first kappa shape index (κ1) is 54.3. The molecule has 2 aromatic carbocycles. The highest BCUT2D eigenvalue weighted by Gasteiger charge is 2.73. The number of nitrogens with one attached hydrogen (secondary N) is 1. The van der Waals surface area contributed by atoms with Gasteiger partial charge in [0.2, 0.25) is 0 Å². The van der Waals surface area contributed by atoms with Crippen LogP contribution in [0.3, 0.4) is 0 Å². The molecule has 10 fully saturated rings. The van der Waals surface area contributed by atoms with Crippen molar-refractivity contribution < 1.29 is 61.4 Å². The number of rotatable bonds is 9. The minimum absolute atomic E-state index is 0.00759. The molecule has 0 saturated carbocycles. The normalized spacial score (nSPS) is 41.1. The quantitative estimate of drug-likeness (QED) is 0.188. The first-order valence-corrected chi connectivity index (χ1v) is 32.2. The standard InChI is InChI=1S/C62H85NO13Si/c1-34-25-38-19-21-48-35(2)26-40(68-48)23-24-62-33-61(7)58(75-62)57-56(73-61)55(74-62)54-49(72-57)22-20-39(70-54)27-37(64)28-46-51(30-50(69-38)36(34)3)71-52(53(46)66-8)29-41(76-77(9,10)60(4,5)6)31-63-59(65)67-32-47-44-17-13-11-15-42(44)43-16-12-14-18-45(43)47/h11-18,34,38-41,46-58H,2-3,19-33H2,1,4-10H3,(H,63,65)/t34-,38+,39?,40+,41-,46+,48?,49?,50?,51+,52-,53-,54?,55+,56+,57-,58?,61+,62-/m1/s1. The first-order chi connectivity index (χ1) is 36.8. The van der Waals surface area contributed by atoms with Gasteiger partial charge in [-0.05, 0) is 109 Å². The maximum absolute atomic E-state index is 14.8. The molecule has 1 N–H and O–H groups in total. The molecule has 10 saturated heterocycles. The highest BCUT2D eigenvalue weighted by Crippen LogP contribution is 2.59. The molecule has 10 aliphatic heterocycles. The largest absolute Gasteiger partial charge is 0.449 e. The van der Waals surface area contributed by atoms with E-state index in [9.17, 15) is 9.59 Å². The summed E-state index contributed by atoms with van der Waals surface area (Å²) in [5, 5.41) is 2.99. The molecule has 14 nitrogen and oxygen atoms in total. The van der Waals surface area contributed by atoms with Crippen molar-refractivity contribution in [3.05, 3.63) is 84.0 Å². The van der Waals surface area contributed by atoms with Crippen molar-refractivity contribution in [1.29, 1.82) is 0 Å². The van der Waals surface area contributed by atoms with Crippen molar-refractivity contribution in [2.24, 2.45) is 11.8 Å². The Bertz CT molecular complexity index is 2520. The smallest absolute Gasteiger partial charge is 0.407 e. The van der Waals surface area contributed by atoms with Crippen molar-refractivity contribution in [1.82, 2.24) is 5.32 Å². The van der Waals surface area contributed by atoms with Crippen LogP contribution < -0.4 is 5.32 Å². The van der Waals surface area contributed by atoms with Crippen LogP contribution in [0.25, 0.3) is 11.1 Å². The number of carbonyl (C=O) groups is 2. The minimum Gasteiger partial charge on any atom is -0.449 e. The molecule has 1 aliphatic carbocycles. The second-order valence-corrected chi connectivity index (χ2v) is 31.2. The van der Waals surface area contributed by atoms with Gasteiger partial charge in [0.05, 0.1) is 61.0 Å². The Kier molecular flexibility index (Phi) is 14.7. The number of Topliss-reactive ketones (excluding diaryl/α,β-unsaturated/α-hetero) is 1. The van der Waals surface area contributed by atoms with Gasteiger partial charge in [0.15, 0.2) is 14.1 Å². The molecule has 1 spiro atoms. The van der Waals surface area contributed by atoms with Gasteiger partial charge >= 0.3 is 6.09 Å². The van der Waals surface area contributed by atoms with E-state index < -0.39 is 62.4 Å². The van der Waals surface area contributed by atoms with Crippen LogP contribution in [-0.4, -0.2) is 143 Å². The van der Waals surface area contributed by atoms with Crippen LogP contribution in [0.2, 0.25) is 18.1 Å². The van der Waals surface area contributed by atoms with Crippen LogP contribution in [0.5, 0.6) is 0 Å². The summed E-state index contributed by atoms with van der Waals surface area (Å²) in [7, 11) is -0.685. The number of ether oxygens (including phenoxy) is 10. The van der Waals surface area contributed by atoms with Gasteiger partial charge in [0, 0.05) is 64.0 Å². The van der Waals surface area contributed by atoms with Crippen LogP contribution in [0.15, 0.2) is 72.8 Å². The van der Waals surface area contributed by atoms with Gasteiger partial charge in [-0.1, -0.05) is 89.4 Å². The summed E-state index contributed by atoms with van der Waals surface area (Å²) in [5.74, 6) is -0.891. The highest BCUT2D eigenvalue weighted by atomic mass is 28.4. The molecule has 2 aromatic rings. The predicted molar refractivity (Wildman–Crippen MR) is 291 cm³/mol. The van der Waals surface area contributed by atoms with Gasteiger partial charge in [-0.3, -0.25) is 4.79 Å². The number of benzene rings is 2. The first-order valence-electron chi connectivity index (χ1n) is 29.3. The van der Waals surface area contributed by atoms with Crippen LogP contribution in [-0.2, 0) is 56.6 Å². The van der Waals surface area contributed by atoms with E-state index in [0.29, 0.717) is 32.1 Å². The second kappa shape index (κ2) is 20.9. The Morgan fingerprint density at radius 1 is 0.792 bits per heavy atom. The third-order valence-electron chi connectivity index (χ3n) is 20.2. The molecular weight excluding hydrogens is 995 g/mol. The van der Waals surface area contributed by atoms with Gasteiger partial charge < -0.3 is 57.1 Å². The third-order valence-corrected chi connectivity index (χ3v) is 24.7. The van der Waals surface area contributed by atoms with E-state index in [-0.39, 0.29) is 110 Å². The Balaban J connectivity index is 0.792. The summed E-state index contributed by atoms with van der Waals surface area (Å²) >= 11 is 0. The van der Waals surface area contributed by atoms with Crippen molar-refractivity contribution in [3.8, 4) is 11.1 Å². The molecule has 10 heterocycles. The summed E-state index contributed by atoms with van der Waals surface area (Å²) in [5.41, 5.74) is 6.31. The molecule has 1 amide bonds.